The Morgan fingerprint density at radius 2 is 2.28 bits per heavy atom. The molecule has 0 amide bonds. The Morgan fingerprint density at radius 1 is 1.50 bits per heavy atom. The van der Waals surface area contributed by atoms with E-state index < -0.39 is 5.97 Å². The van der Waals surface area contributed by atoms with Crippen molar-refractivity contribution in [2.75, 3.05) is 19.8 Å². The molecular weight excluding hydrogens is 254 g/mol. The van der Waals surface area contributed by atoms with Crippen LogP contribution in [-0.2, 0) is 16.1 Å². The normalized spacial score (nSPS) is 20.8. The summed E-state index contributed by atoms with van der Waals surface area (Å²) in [6.07, 6.45) is 0.102. The number of rotatable bonds is 4. The molecule has 1 aliphatic rings. The molecule has 2 rings (SSSR count). The molecule has 1 saturated heterocycles. The first kappa shape index (κ1) is 13.3. The van der Waals surface area contributed by atoms with E-state index in [2.05, 4.69) is 4.90 Å². The van der Waals surface area contributed by atoms with Crippen molar-refractivity contribution in [3.8, 4) is 0 Å². The third-order valence-electron chi connectivity index (χ3n) is 3.09. The molecule has 5 heteroatoms. The average molecular weight is 270 g/mol. The molecule has 1 atom stereocenters. The van der Waals surface area contributed by atoms with Crippen molar-refractivity contribution in [2.24, 2.45) is 0 Å². The van der Waals surface area contributed by atoms with E-state index in [1.807, 2.05) is 24.3 Å². The topological polar surface area (TPSA) is 49.8 Å². The Labute approximate surface area is 111 Å². The van der Waals surface area contributed by atoms with Crippen LogP contribution < -0.4 is 0 Å². The van der Waals surface area contributed by atoms with E-state index in [0.717, 1.165) is 17.1 Å². The van der Waals surface area contributed by atoms with Crippen molar-refractivity contribution < 1.29 is 14.6 Å². The summed E-state index contributed by atoms with van der Waals surface area (Å²) in [6.45, 7) is 2.52. The van der Waals surface area contributed by atoms with Crippen LogP contribution in [0.15, 0.2) is 24.3 Å². The third kappa shape index (κ3) is 3.45. The first-order chi connectivity index (χ1) is 8.66. The van der Waals surface area contributed by atoms with Gasteiger partial charge in [0.05, 0.1) is 19.6 Å². The van der Waals surface area contributed by atoms with E-state index >= 15 is 0 Å². The van der Waals surface area contributed by atoms with E-state index in [1.54, 1.807) is 0 Å². The van der Waals surface area contributed by atoms with E-state index in [-0.39, 0.29) is 12.5 Å². The lowest BCUT2D eigenvalue weighted by Gasteiger charge is -2.34. The molecule has 0 aliphatic carbocycles. The zero-order valence-electron chi connectivity index (χ0n) is 10.0. The van der Waals surface area contributed by atoms with Crippen LogP contribution in [0.5, 0.6) is 0 Å². The molecule has 0 bridgehead atoms. The number of carbonyl (C=O) groups is 1. The average Bonchev–Trinajstić information content (AvgIpc) is 2.34. The van der Waals surface area contributed by atoms with Gasteiger partial charge in [-0.15, -0.1) is 0 Å². The highest BCUT2D eigenvalue weighted by molar-refractivity contribution is 6.31. The summed E-state index contributed by atoms with van der Waals surface area (Å²) in [5.74, 6) is -0.797. The highest BCUT2D eigenvalue weighted by Gasteiger charge is 2.25. The number of benzene rings is 1. The van der Waals surface area contributed by atoms with Gasteiger partial charge in [-0.25, -0.2) is 0 Å². The van der Waals surface area contributed by atoms with Crippen molar-refractivity contribution in [2.45, 2.75) is 19.0 Å². The minimum absolute atomic E-state index is 0.0764. The van der Waals surface area contributed by atoms with Crippen LogP contribution in [0.2, 0.25) is 5.02 Å². The van der Waals surface area contributed by atoms with E-state index in [4.69, 9.17) is 21.4 Å². The number of halogens is 1. The summed E-state index contributed by atoms with van der Waals surface area (Å²) < 4.78 is 5.34. The van der Waals surface area contributed by atoms with E-state index in [1.165, 1.54) is 0 Å². The number of carboxylic acids is 1. The lowest BCUT2D eigenvalue weighted by molar-refractivity contribution is -0.140. The fourth-order valence-corrected chi connectivity index (χ4v) is 2.33. The van der Waals surface area contributed by atoms with E-state index in [0.29, 0.717) is 19.8 Å². The molecule has 1 unspecified atom stereocenters. The van der Waals surface area contributed by atoms with Crippen LogP contribution in [0.1, 0.15) is 12.0 Å². The van der Waals surface area contributed by atoms with Crippen molar-refractivity contribution >= 4 is 17.6 Å². The summed E-state index contributed by atoms with van der Waals surface area (Å²) in [7, 11) is 0. The smallest absolute Gasteiger partial charge is 0.305 e. The highest BCUT2D eigenvalue weighted by Crippen LogP contribution is 2.20. The minimum atomic E-state index is -0.797. The second kappa shape index (κ2) is 6.18. The monoisotopic (exact) mass is 269 g/mol. The van der Waals surface area contributed by atoms with Crippen molar-refractivity contribution in [3.05, 3.63) is 34.9 Å². The number of nitrogens with zero attached hydrogens (tertiary/aromatic N) is 1. The summed E-state index contributed by atoms with van der Waals surface area (Å²) in [6, 6.07) is 7.57. The van der Waals surface area contributed by atoms with Crippen LogP contribution in [-0.4, -0.2) is 41.8 Å². The van der Waals surface area contributed by atoms with Crippen LogP contribution in [0, 0.1) is 0 Å². The maximum absolute atomic E-state index is 10.8. The quantitative estimate of drug-likeness (QED) is 0.909. The second-order valence-electron chi connectivity index (χ2n) is 4.39. The fourth-order valence-electron chi connectivity index (χ4n) is 2.13. The van der Waals surface area contributed by atoms with Crippen molar-refractivity contribution in [1.29, 1.82) is 0 Å². The van der Waals surface area contributed by atoms with Crippen LogP contribution in [0.3, 0.4) is 0 Å². The van der Waals surface area contributed by atoms with Crippen LogP contribution in [0.25, 0.3) is 0 Å². The van der Waals surface area contributed by atoms with Gasteiger partial charge >= 0.3 is 5.97 Å². The molecular formula is C13H16ClNO3. The molecule has 1 aromatic rings. The zero-order chi connectivity index (χ0) is 13.0. The lowest BCUT2D eigenvalue weighted by Crippen LogP contribution is -2.45. The molecule has 4 nitrogen and oxygen atoms in total. The first-order valence-corrected chi connectivity index (χ1v) is 6.31. The molecule has 0 aromatic heterocycles. The maximum atomic E-state index is 10.8. The Hall–Kier alpha value is -1.10. The van der Waals surface area contributed by atoms with Gasteiger partial charge in [-0.1, -0.05) is 29.8 Å². The first-order valence-electron chi connectivity index (χ1n) is 5.94. The van der Waals surface area contributed by atoms with Gasteiger partial charge in [0.25, 0.3) is 0 Å². The van der Waals surface area contributed by atoms with Crippen LogP contribution in [0.4, 0.5) is 0 Å². The Kier molecular flexibility index (Phi) is 4.58. The van der Waals surface area contributed by atoms with Crippen molar-refractivity contribution in [1.82, 2.24) is 4.90 Å². The fraction of sp³-hybridized carbons (Fsp3) is 0.462. The van der Waals surface area contributed by atoms with Gasteiger partial charge in [0, 0.05) is 24.2 Å². The minimum Gasteiger partial charge on any atom is -0.481 e. The second-order valence-corrected chi connectivity index (χ2v) is 4.80. The molecule has 18 heavy (non-hydrogen) atoms. The standard InChI is InChI=1S/C13H16ClNO3/c14-12-4-2-1-3-10(12)8-15-5-6-18-9-11(15)7-13(16)17/h1-4,11H,5-9H2,(H,16,17). The number of hydrogen-bond donors (Lipinski definition) is 1. The largest absolute Gasteiger partial charge is 0.481 e. The summed E-state index contributed by atoms with van der Waals surface area (Å²) >= 11 is 6.12. The number of morpholine rings is 1. The lowest BCUT2D eigenvalue weighted by atomic mass is 10.1. The summed E-state index contributed by atoms with van der Waals surface area (Å²) in [5.41, 5.74) is 1.02. The Bertz CT molecular complexity index is 424. The predicted octanol–water partition coefficient (Wildman–Crippen LogP) is 2.02. The molecule has 0 spiro atoms. The number of aliphatic carboxylic acids is 1. The Balaban J connectivity index is 2.05. The molecule has 0 saturated carbocycles. The van der Waals surface area contributed by atoms with Gasteiger partial charge in [-0.2, -0.15) is 0 Å². The molecule has 1 N–H and O–H groups in total. The number of hydrogen-bond acceptors (Lipinski definition) is 3. The molecule has 0 radical (unpaired) electrons. The molecule has 98 valence electrons. The molecule has 1 aliphatic heterocycles. The highest BCUT2D eigenvalue weighted by atomic mass is 35.5. The number of carboxylic acid groups (broad SMARTS) is 1. The van der Waals surface area contributed by atoms with Gasteiger partial charge in [-0.05, 0) is 11.6 Å². The van der Waals surface area contributed by atoms with Gasteiger partial charge in [-0.3, -0.25) is 9.69 Å². The molecule has 1 heterocycles. The third-order valence-corrected chi connectivity index (χ3v) is 3.46. The summed E-state index contributed by atoms with van der Waals surface area (Å²) in [5, 5.41) is 9.62. The van der Waals surface area contributed by atoms with Gasteiger partial charge in [0.2, 0.25) is 0 Å². The molecule has 1 aromatic carbocycles. The van der Waals surface area contributed by atoms with E-state index in [9.17, 15) is 4.79 Å². The predicted molar refractivity (Wildman–Crippen MR) is 68.7 cm³/mol. The van der Waals surface area contributed by atoms with Crippen molar-refractivity contribution in [3.63, 3.8) is 0 Å². The SMILES string of the molecule is O=C(O)CC1COCCN1Cc1ccccc1Cl. The maximum Gasteiger partial charge on any atom is 0.305 e. The Morgan fingerprint density at radius 3 is 3.00 bits per heavy atom. The molecule has 1 fully saturated rings. The van der Waals surface area contributed by atoms with Crippen LogP contribution >= 0.6 is 11.6 Å². The van der Waals surface area contributed by atoms with Gasteiger partial charge < -0.3 is 9.84 Å². The van der Waals surface area contributed by atoms with Gasteiger partial charge in [0.15, 0.2) is 0 Å². The summed E-state index contributed by atoms with van der Waals surface area (Å²) in [4.78, 5) is 12.9. The number of ether oxygens (including phenoxy) is 1. The zero-order valence-corrected chi connectivity index (χ0v) is 10.8. The van der Waals surface area contributed by atoms with Gasteiger partial charge in [0.1, 0.15) is 0 Å².